The molecular weight excluding hydrogens is 958 g/mol. The summed E-state index contributed by atoms with van der Waals surface area (Å²) in [5, 5.41) is 34.3. The summed E-state index contributed by atoms with van der Waals surface area (Å²) in [4.78, 5) is 44.9. The van der Waals surface area contributed by atoms with Crippen LogP contribution in [0.5, 0.6) is 0 Å². The lowest BCUT2D eigenvalue weighted by Crippen LogP contribution is -2.44. The number of nitro benzene ring substituents is 2. The van der Waals surface area contributed by atoms with Crippen LogP contribution in [0.1, 0.15) is 117 Å². The van der Waals surface area contributed by atoms with E-state index in [1.54, 1.807) is 0 Å². The predicted molar refractivity (Wildman–Crippen MR) is 299 cm³/mol. The first-order chi connectivity index (χ1) is 33.9. The number of nitro groups is 2. The molecule has 7 rings (SSSR count). The maximum Gasteiger partial charge on any atom is 0.299 e. The molecule has 1 atom stereocenters. The van der Waals surface area contributed by atoms with Crippen LogP contribution in [0.2, 0.25) is 0 Å². The zero-order chi connectivity index (χ0) is 52.3. The third-order valence-electron chi connectivity index (χ3n) is 12.5. The number of nitrogens with zero attached hydrogens (tertiary/aromatic N) is 8. The highest BCUT2D eigenvalue weighted by molar-refractivity contribution is 6.18. The molecule has 2 aromatic heterocycles. The number of aryl methyl sites for hydroxylation is 4. The fourth-order valence-corrected chi connectivity index (χ4v) is 8.68. The number of halogens is 2. The minimum Gasteiger partial charge on any atom is -0.399 e. The quantitative estimate of drug-likeness (QED) is 0.0242. The van der Waals surface area contributed by atoms with Gasteiger partial charge in [-0.25, -0.2) is 9.97 Å². The number of aromatic nitrogens is 4. The maximum atomic E-state index is 11.5. The Morgan fingerprint density at radius 2 is 1.29 bits per heavy atom. The number of non-ortho nitro benzene ring substituents is 1. The summed E-state index contributed by atoms with van der Waals surface area (Å²) in [5.74, 6) is 3.15. The second kappa shape index (κ2) is 29.4. The molecule has 0 spiro atoms. The van der Waals surface area contributed by atoms with Crippen molar-refractivity contribution < 1.29 is 19.7 Å². The minimum atomic E-state index is -0.761. The van der Waals surface area contributed by atoms with Gasteiger partial charge in [-0.05, 0) is 98.3 Å². The summed E-state index contributed by atoms with van der Waals surface area (Å²) in [6, 6.07) is 21.3. The lowest BCUT2D eigenvalue weighted by atomic mass is 10.0. The van der Waals surface area contributed by atoms with Crippen molar-refractivity contribution in [3.05, 3.63) is 110 Å². The van der Waals surface area contributed by atoms with Crippen molar-refractivity contribution in [2.75, 3.05) is 58.5 Å². The molecule has 6 N–H and O–H groups in total. The summed E-state index contributed by atoms with van der Waals surface area (Å²) in [6.45, 7) is 10.1. The molecule has 72 heavy (non-hydrogen) atoms. The number of nitrogen functional groups attached to an aromatic ring is 2. The topological polar surface area (TPSA) is 230 Å². The number of aliphatic hydroxyl groups is 1. The number of hydrogen-bond acceptors (Lipinski definition) is 12. The Morgan fingerprint density at radius 1 is 0.750 bits per heavy atom. The third kappa shape index (κ3) is 16.4. The number of fused-ring (bicyclic) bond motifs is 3. The molecule has 0 saturated carbocycles. The largest absolute Gasteiger partial charge is 0.399 e. The van der Waals surface area contributed by atoms with Crippen LogP contribution >= 0.6 is 23.2 Å². The molecule has 3 heterocycles. The molecule has 0 saturated heterocycles. The summed E-state index contributed by atoms with van der Waals surface area (Å²) in [7, 11) is 6.11. The van der Waals surface area contributed by atoms with Gasteiger partial charge in [-0.2, -0.15) is 0 Å². The number of nitrogens with one attached hydrogen (secondary N) is 1. The van der Waals surface area contributed by atoms with Crippen molar-refractivity contribution in [2.45, 2.75) is 124 Å². The smallest absolute Gasteiger partial charge is 0.299 e. The van der Waals surface area contributed by atoms with Crippen LogP contribution in [0.15, 0.2) is 72.8 Å². The molecule has 1 amide bonds. The van der Waals surface area contributed by atoms with Crippen molar-refractivity contribution >= 4 is 91.0 Å². The minimum absolute atomic E-state index is 0. The first-order valence-electron chi connectivity index (χ1n) is 24.6. The Balaban J connectivity index is 0.000000254. The number of unbranched alkanes of at least 4 members (excludes halogenated alkanes) is 4. The molecular formula is C53H77Cl2N11O6. The Kier molecular flexibility index (Phi) is 24.5. The number of imidazole rings is 2. The van der Waals surface area contributed by atoms with Crippen LogP contribution in [-0.4, -0.2) is 77.6 Å². The highest BCUT2D eigenvalue weighted by Crippen LogP contribution is 2.39. The molecule has 6 aromatic rings. The van der Waals surface area contributed by atoms with E-state index in [0.29, 0.717) is 24.6 Å². The lowest BCUT2D eigenvalue weighted by Gasteiger charge is -2.32. The van der Waals surface area contributed by atoms with E-state index in [4.69, 9.17) is 39.7 Å². The number of anilines is 5. The first kappa shape index (κ1) is 60.1. The van der Waals surface area contributed by atoms with E-state index in [2.05, 4.69) is 77.4 Å². The van der Waals surface area contributed by atoms with Crippen LogP contribution in [0.4, 0.5) is 39.8 Å². The van der Waals surface area contributed by atoms with Gasteiger partial charge in [-0.1, -0.05) is 60.8 Å². The van der Waals surface area contributed by atoms with Gasteiger partial charge >= 0.3 is 0 Å². The molecule has 19 heteroatoms. The Labute approximate surface area is 435 Å². The summed E-state index contributed by atoms with van der Waals surface area (Å²) in [6.07, 6.45) is 12.2. The van der Waals surface area contributed by atoms with Crippen molar-refractivity contribution in [3.8, 4) is 0 Å². The summed E-state index contributed by atoms with van der Waals surface area (Å²) >= 11 is 11.8. The van der Waals surface area contributed by atoms with E-state index in [1.165, 1.54) is 37.3 Å². The zero-order valence-corrected chi connectivity index (χ0v) is 43.9. The maximum absolute atomic E-state index is 11.5. The standard InChI is InChI=1S/C16H23Cl2N3.C13H20N2O.C12H17N3.C11H13N3O5.CH4/c1-3-4-5-16-19-14-12-13(6-7-15(14)20(16)2)21(10-8-17)11-9-18;1-3-4-7-13(16)9-10-8-11(14)5-6-12(10)15(13)2;1-3-4-5-12-14-10-8-9(13)6-7-11(10)15(12)2;1-2-3-4-11(15)12-9-6-5-8(13(16)17)7-10(9)14(18)19;/h6-7,12H,3-5,8-11H2,1-2H3;5-6,8,16H,3-4,7,9,14H2,1-2H3;6-8H,3-5,13H2,1-2H3;5-7H,2-4H2,1H3,(H,12,15);1H4. The first-order valence-corrected chi connectivity index (χ1v) is 25.6. The van der Waals surface area contributed by atoms with E-state index in [1.807, 2.05) is 55.3 Å². The molecule has 1 aliphatic rings. The van der Waals surface area contributed by atoms with E-state index in [-0.39, 0.29) is 25.4 Å². The number of carbonyl (C=O) groups is 1. The van der Waals surface area contributed by atoms with Crippen LogP contribution < -0.4 is 26.6 Å². The van der Waals surface area contributed by atoms with Gasteiger partial charge in [-0.15, -0.1) is 23.2 Å². The summed E-state index contributed by atoms with van der Waals surface area (Å²) < 4.78 is 4.35. The van der Waals surface area contributed by atoms with Gasteiger partial charge in [0, 0.05) is 100 Å². The SMILES string of the molecule is C.CCCCC(=O)Nc1ccc([N+](=O)[O-])cc1[N+](=O)[O-].CCCCC1(O)Cc2cc(N)ccc2N1C.CCCCc1nc2cc(N(CCCl)CCCl)ccc2n1C.CCCCc1nc2cc(N)ccc2n1C. The van der Waals surface area contributed by atoms with Gasteiger partial charge < -0.3 is 40.8 Å². The normalized spacial score (nSPS) is 13.4. The highest BCUT2D eigenvalue weighted by atomic mass is 35.5. The van der Waals surface area contributed by atoms with Crippen molar-refractivity contribution in [2.24, 2.45) is 14.1 Å². The number of carbonyl (C=O) groups excluding carboxylic acids is 1. The van der Waals surface area contributed by atoms with Crippen LogP contribution in [0.3, 0.4) is 0 Å². The Bertz CT molecular complexity index is 2690. The fraction of sp³-hybridized carbons (Fsp3) is 0.491. The Hall–Kier alpha value is -6.17. The molecule has 1 unspecified atom stereocenters. The molecule has 0 aliphatic carbocycles. The van der Waals surface area contributed by atoms with Crippen LogP contribution in [-0.2, 0) is 38.2 Å². The van der Waals surface area contributed by atoms with E-state index in [0.717, 1.165) is 120 Å². The van der Waals surface area contributed by atoms with Gasteiger partial charge in [0.15, 0.2) is 0 Å². The second-order valence-electron chi connectivity index (χ2n) is 17.7. The average molecular weight is 1040 g/mol. The molecule has 394 valence electrons. The number of benzene rings is 4. The van der Waals surface area contributed by atoms with Crippen LogP contribution in [0, 0.1) is 20.2 Å². The van der Waals surface area contributed by atoms with E-state index >= 15 is 0 Å². The lowest BCUT2D eigenvalue weighted by molar-refractivity contribution is -0.393. The third-order valence-corrected chi connectivity index (χ3v) is 12.8. The number of likely N-dealkylation sites (N-methyl/N-ethyl adjacent to an activating group) is 1. The number of amides is 1. The average Bonchev–Trinajstić information content (AvgIpc) is 3.93. The number of rotatable bonds is 20. The van der Waals surface area contributed by atoms with E-state index < -0.39 is 26.9 Å². The van der Waals surface area contributed by atoms with Crippen LogP contribution in [0.25, 0.3) is 22.1 Å². The molecule has 0 bridgehead atoms. The number of hydrogen-bond donors (Lipinski definition) is 4. The van der Waals surface area contributed by atoms with Gasteiger partial charge in [0.1, 0.15) is 23.1 Å². The number of alkyl halides is 2. The second-order valence-corrected chi connectivity index (χ2v) is 18.5. The van der Waals surface area contributed by atoms with E-state index in [9.17, 15) is 30.1 Å². The van der Waals surface area contributed by atoms with Gasteiger partial charge in [0.2, 0.25) is 5.91 Å². The number of nitrogens with two attached hydrogens (primary N) is 2. The highest BCUT2D eigenvalue weighted by Gasteiger charge is 2.39. The molecule has 4 aromatic carbocycles. The molecule has 0 fully saturated rings. The molecule has 0 radical (unpaired) electrons. The monoisotopic (exact) mass is 1030 g/mol. The van der Waals surface area contributed by atoms with Gasteiger partial charge in [0.25, 0.3) is 11.4 Å². The zero-order valence-electron chi connectivity index (χ0n) is 42.4. The van der Waals surface area contributed by atoms with Crippen molar-refractivity contribution in [1.82, 2.24) is 19.1 Å². The van der Waals surface area contributed by atoms with Gasteiger partial charge in [-0.3, -0.25) is 25.0 Å². The van der Waals surface area contributed by atoms with Crippen molar-refractivity contribution in [3.63, 3.8) is 0 Å². The summed E-state index contributed by atoms with van der Waals surface area (Å²) in [5.41, 5.74) is 19.2. The molecule has 1 aliphatic heterocycles. The molecule has 17 nitrogen and oxygen atoms in total. The van der Waals surface area contributed by atoms with Crippen molar-refractivity contribution in [1.29, 1.82) is 0 Å². The fourth-order valence-electron chi connectivity index (χ4n) is 8.27. The van der Waals surface area contributed by atoms with Gasteiger partial charge in [0.05, 0.1) is 38.0 Å². The predicted octanol–water partition coefficient (Wildman–Crippen LogP) is 12.1. The Morgan fingerprint density at radius 3 is 1.83 bits per heavy atom.